The predicted molar refractivity (Wildman–Crippen MR) is 96.4 cm³/mol. The van der Waals surface area contributed by atoms with Crippen LogP contribution < -0.4 is 5.32 Å². The van der Waals surface area contributed by atoms with Crippen LogP contribution in [0.5, 0.6) is 0 Å². The van der Waals surface area contributed by atoms with Crippen molar-refractivity contribution in [3.63, 3.8) is 0 Å². The van der Waals surface area contributed by atoms with Crippen LogP contribution in [0.4, 0.5) is 0 Å². The van der Waals surface area contributed by atoms with Crippen molar-refractivity contribution in [2.45, 2.75) is 38.2 Å². The van der Waals surface area contributed by atoms with E-state index in [-0.39, 0.29) is 18.4 Å². The molecule has 2 aromatic rings. The molecule has 1 unspecified atom stereocenters. The van der Waals surface area contributed by atoms with Crippen molar-refractivity contribution < 1.29 is 9.90 Å². The Bertz CT molecular complexity index is 671. The molecule has 126 valence electrons. The molecule has 0 bridgehead atoms. The molecule has 0 aromatic heterocycles. The van der Waals surface area contributed by atoms with Gasteiger partial charge in [0, 0.05) is 5.92 Å². The van der Waals surface area contributed by atoms with Crippen LogP contribution in [-0.4, -0.2) is 17.6 Å². The smallest absolute Gasteiger partial charge is 0.223 e. The molecule has 1 aliphatic rings. The van der Waals surface area contributed by atoms with Gasteiger partial charge in [-0.05, 0) is 36.5 Å². The third kappa shape index (κ3) is 3.85. The van der Waals surface area contributed by atoms with E-state index < -0.39 is 5.60 Å². The fourth-order valence-electron chi connectivity index (χ4n) is 3.35. The summed E-state index contributed by atoms with van der Waals surface area (Å²) >= 11 is 0. The third-order valence-electron chi connectivity index (χ3n) is 4.95. The lowest BCUT2D eigenvalue weighted by molar-refractivity contribution is -0.126. The molecule has 2 N–H and O–H groups in total. The summed E-state index contributed by atoms with van der Waals surface area (Å²) in [7, 11) is 0. The molecule has 1 fully saturated rings. The van der Waals surface area contributed by atoms with Crippen LogP contribution in [0.3, 0.4) is 0 Å². The number of nitrogens with one attached hydrogen (secondary N) is 1. The molecule has 2 aromatic carbocycles. The zero-order valence-corrected chi connectivity index (χ0v) is 14.2. The first-order valence-electron chi connectivity index (χ1n) is 8.72. The Hall–Kier alpha value is -2.13. The van der Waals surface area contributed by atoms with Gasteiger partial charge in [0.15, 0.2) is 0 Å². The van der Waals surface area contributed by atoms with Crippen LogP contribution in [-0.2, 0) is 10.4 Å². The van der Waals surface area contributed by atoms with Gasteiger partial charge in [-0.15, -0.1) is 0 Å². The summed E-state index contributed by atoms with van der Waals surface area (Å²) in [5, 5.41) is 13.6. The Morgan fingerprint density at radius 3 is 2.25 bits per heavy atom. The van der Waals surface area contributed by atoms with Gasteiger partial charge in [0.1, 0.15) is 5.60 Å². The van der Waals surface area contributed by atoms with E-state index in [1.165, 1.54) is 0 Å². The van der Waals surface area contributed by atoms with Crippen molar-refractivity contribution >= 4 is 5.91 Å². The molecule has 1 aliphatic carbocycles. The second-order valence-electron chi connectivity index (χ2n) is 6.92. The highest BCUT2D eigenvalue weighted by Crippen LogP contribution is 2.27. The lowest BCUT2D eigenvalue weighted by atomic mass is 9.93. The molecule has 1 saturated carbocycles. The minimum Gasteiger partial charge on any atom is -0.384 e. The van der Waals surface area contributed by atoms with E-state index >= 15 is 0 Å². The van der Waals surface area contributed by atoms with Crippen molar-refractivity contribution in [1.29, 1.82) is 0 Å². The Morgan fingerprint density at radius 1 is 1.04 bits per heavy atom. The lowest BCUT2D eigenvalue weighted by Gasteiger charge is -2.25. The number of rotatable bonds is 5. The van der Waals surface area contributed by atoms with Gasteiger partial charge in [-0.2, -0.15) is 0 Å². The maximum atomic E-state index is 12.1. The second kappa shape index (κ2) is 7.18. The maximum absolute atomic E-state index is 12.1. The van der Waals surface area contributed by atoms with Crippen LogP contribution in [0.15, 0.2) is 54.6 Å². The van der Waals surface area contributed by atoms with Gasteiger partial charge in [-0.25, -0.2) is 0 Å². The van der Waals surface area contributed by atoms with Crippen LogP contribution >= 0.6 is 0 Å². The molecule has 0 aliphatic heterocycles. The number of hydrogen-bond acceptors (Lipinski definition) is 2. The number of carbonyl (C=O) groups excluding carboxylic acids is 1. The third-order valence-corrected chi connectivity index (χ3v) is 4.95. The summed E-state index contributed by atoms with van der Waals surface area (Å²) < 4.78 is 0. The quantitative estimate of drug-likeness (QED) is 0.877. The summed E-state index contributed by atoms with van der Waals surface area (Å²) in [5.41, 5.74) is 2.01. The van der Waals surface area contributed by atoms with Crippen LogP contribution in [0.1, 0.15) is 38.2 Å². The van der Waals surface area contributed by atoms with Crippen molar-refractivity contribution in [3.8, 4) is 11.1 Å². The molecule has 3 heteroatoms. The largest absolute Gasteiger partial charge is 0.384 e. The lowest BCUT2D eigenvalue weighted by Crippen LogP contribution is -2.40. The molecule has 0 spiro atoms. The molecule has 0 heterocycles. The van der Waals surface area contributed by atoms with Gasteiger partial charge in [0.05, 0.1) is 6.54 Å². The summed E-state index contributed by atoms with van der Waals surface area (Å²) in [4.78, 5) is 12.1. The molecular weight excluding hydrogens is 298 g/mol. The van der Waals surface area contributed by atoms with Gasteiger partial charge < -0.3 is 10.4 Å². The van der Waals surface area contributed by atoms with Crippen LogP contribution in [0.2, 0.25) is 0 Å². The Balaban J connectivity index is 1.64. The molecule has 3 rings (SSSR count). The average molecular weight is 323 g/mol. The summed E-state index contributed by atoms with van der Waals surface area (Å²) in [6.45, 7) is 1.99. The van der Waals surface area contributed by atoms with Gasteiger partial charge in [-0.3, -0.25) is 4.79 Å². The topological polar surface area (TPSA) is 49.3 Å². The van der Waals surface area contributed by atoms with Crippen LogP contribution in [0, 0.1) is 5.92 Å². The van der Waals surface area contributed by atoms with Gasteiger partial charge in [0.25, 0.3) is 0 Å². The van der Waals surface area contributed by atoms with E-state index in [2.05, 4.69) is 17.4 Å². The first-order chi connectivity index (χ1) is 11.6. The first-order valence-corrected chi connectivity index (χ1v) is 8.72. The summed E-state index contributed by atoms with van der Waals surface area (Å²) in [6, 6.07) is 18.0. The number of carbonyl (C=O) groups is 1. The molecule has 1 amide bonds. The predicted octanol–water partition coefficient (Wildman–Crippen LogP) is 3.87. The number of hydrogen-bond donors (Lipinski definition) is 2. The molecular formula is C21H25NO2. The second-order valence-corrected chi connectivity index (χ2v) is 6.92. The number of benzene rings is 2. The number of aliphatic hydroxyl groups is 1. The molecule has 1 atom stereocenters. The van der Waals surface area contributed by atoms with Gasteiger partial charge in [-0.1, -0.05) is 67.4 Å². The molecule has 24 heavy (non-hydrogen) atoms. The van der Waals surface area contributed by atoms with E-state index in [0.29, 0.717) is 0 Å². The monoisotopic (exact) mass is 323 g/mol. The van der Waals surface area contributed by atoms with Crippen molar-refractivity contribution in [2.24, 2.45) is 5.92 Å². The van der Waals surface area contributed by atoms with Gasteiger partial charge in [0.2, 0.25) is 5.91 Å². The SMILES string of the molecule is CC(O)(CNC(=O)C1CCCC1)c1ccc(-c2ccccc2)cc1. The summed E-state index contributed by atoms with van der Waals surface area (Å²) in [5.74, 6) is 0.204. The minimum absolute atomic E-state index is 0.0775. The first kappa shape index (κ1) is 16.7. The molecule has 3 nitrogen and oxygen atoms in total. The highest BCUT2D eigenvalue weighted by atomic mass is 16.3. The van der Waals surface area contributed by atoms with Gasteiger partial charge >= 0.3 is 0 Å². The Kier molecular flexibility index (Phi) is 5.00. The van der Waals surface area contributed by atoms with Crippen molar-refractivity contribution in [3.05, 3.63) is 60.2 Å². The van der Waals surface area contributed by atoms with E-state index in [0.717, 1.165) is 42.4 Å². The van der Waals surface area contributed by atoms with E-state index in [1.807, 2.05) is 42.5 Å². The standard InChI is InChI=1S/C21H25NO2/c1-21(24,15-22-20(23)18-9-5-6-10-18)19-13-11-17(12-14-19)16-7-3-2-4-8-16/h2-4,7-8,11-14,18,24H,5-6,9-10,15H2,1H3,(H,22,23). The summed E-state index contributed by atoms with van der Waals surface area (Å²) in [6.07, 6.45) is 4.21. The van der Waals surface area contributed by atoms with E-state index in [4.69, 9.17) is 0 Å². The Morgan fingerprint density at radius 2 is 1.62 bits per heavy atom. The van der Waals surface area contributed by atoms with Crippen LogP contribution in [0.25, 0.3) is 11.1 Å². The Labute approximate surface area is 143 Å². The molecule has 0 saturated heterocycles. The highest BCUT2D eigenvalue weighted by molar-refractivity contribution is 5.79. The maximum Gasteiger partial charge on any atom is 0.223 e. The highest BCUT2D eigenvalue weighted by Gasteiger charge is 2.27. The minimum atomic E-state index is -1.07. The van der Waals surface area contributed by atoms with Crippen molar-refractivity contribution in [1.82, 2.24) is 5.32 Å². The van der Waals surface area contributed by atoms with E-state index in [9.17, 15) is 9.90 Å². The number of amides is 1. The normalized spacial score (nSPS) is 17.4. The molecule has 0 radical (unpaired) electrons. The zero-order valence-electron chi connectivity index (χ0n) is 14.2. The fourth-order valence-corrected chi connectivity index (χ4v) is 3.35. The van der Waals surface area contributed by atoms with E-state index in [1.54, 1.807) is 6.92 Å². The zero-order chi connectivity index (χ0) is 17.0. The average Bonchev–Trinajstić information content (AvgIpc) is 3.15. The fraction of sp³-hybridized carbons (Fsp3) is 0.381. The van der Waals surface area contributed by atoms with Crippen molar-refractivity contribution in [2.75, 3.05) is 6.54 Å².